The van der Waals surface area contributed by atoms with E-state index < -0.39 is 12.0 Å². The van der Waals surface area contributed by atoms with Gasteiger partial charge in [-0.2, -0.15) is 0 Å². The Morgan fingerprint density at radius 1 is 1.10 bits per heavy atom. The van der Waals surface area contributed by atoms with E-state index in [1.165, 1.54) is 11.3 Å². The van der Waals surface area contributed by atoms with Crippen molar-refractivity contribution < 1.29 is 14.7 Å². The van der Waals surface area contributed by atoms with E-state index in [1.54, 1.807) is 16.9 Å². The van der Waals surface area contributed by atoms with Gasteiger partial charge < -0.3 is 16.2 Å². The fourth-order valence-electron chi connectivity index (χ4n) is 3.06. The lowest BCUT2D eigenvalue weighted by molar-refractivity contribution is -0.138. The molecule has 1 amide bonds. The molecular weight excluding hydrogens is 414 g/mol. The third-order valence-electron chi connectivity index (χ3n) is 4.69. The van der Waals surface area contributed by atoms with Gasteiger partial charge in [0.05, 0.1) is 22.5 Å². The van der Waals surface area contributed by atoms with Gasteiger partial charge in [0, 0.05) is 11.3 Å². The zero-order valence-electron chi connectivity index (χ0n) is 16.3. The van der Waals surface area contributed by atoms with Gasteiger partial charge in [-0.25, -0.2) is 4.68 Å². The second kappa shape index (κ2) is 8.90. The van der Waals surface area contributed by atoms with Crippen LogP contribution in [-0.2, 0) is 11.2 Å². The lowest BCUT2D eigenvalue weighted by Crippen LogP contribution is -2.32. The molecule has 0 saturated carbocycles. The van der Waals surface area contributed by atoms with E-state index in [-0.39, 0.29) is 12.3 Å². The minimum Gasteiger partial charge on any atom is -0.480 e. The molecular formula is C22H19N5O3S. The predicted molar refractivity (Wildman–Crippen MR) is 118 cm³/mol. The maximum absolute atomic E-state index is 12.2. The first kappa shape index (κ1) is 20.5. The van der Waals surface area contributed by atoms with Crippen LogP contribution in [0, 0.1) is 0 Å². The maximum Gasteiger partial charge on any atom is 0.320 e. The molecule has 1 unspecified atom stereocenters. The Morgan fingerprint density at radius 3 is 2.48 bits per heavy atom. The standard InChI is InChI=1S/C22H19N5O3S/c23-18(22(29)30)12-14-3-9-17(10-4-14)27-19(13-24-26-27)15-5-7-16(8-6-15)25-21(28)20-2-1-11-31-20/h1-11,13,18H,12,23H2,(H,25,28)(H,29,30). The van der Waals surface area contributed by atoms with Gasteiger partial charge in [-0.1, -0.05) is 35.5 Å². The molecule has 4 N–H and O–H groups in total. The van der Waals surface area contributed by atoms with E-state index in [9.17, 15) is 9.59 Å². The molecule has 8 nitrogen and oxygen atoms in total. The number of nitrogens with zero attached hydrogens (tertiary/aromatic N) is 3. The molecule has 156 valence electrons. The van der Waals surface area contributed by atoms with E-state index in [0.717, 1.165) is 22.5 Å². The van der Waals surface area contributed by atoms with E-state index in [4.69, 9.17) is 10.8 Å². The third-order valence-corrected chi connectivity index (χ3v) is 5.56. The van der Waals surface area contributed by atoms with E-state index in [0.29, 0.717) is 10.6 Å². The second-order valence-electron chi connectivity index (χ2n) is 6.86. The van der Waals surface area contributed by atoms with Gasteiger partial charge in [-0.05, 0) is 47.7 Å². The van der Waals surface area contributed by atoms with Crippen LogP contribution in [0.1, 0.15) is 15.2 Å². The lowest BCUT2D eigenvalue weighted by atomic mass is 10.1. The Kier molecular flexibility index (Phi) is 5.87. The van der Waals surface area contributed by atoms with Crippen molar-refractivity contribution in [3.63, 3.8) is 0 Å². The number of thiophene rings is 1. The smallest absolute Gasteiger partial charge is 0.320 e. The Balaban J connectivity index is 1.50. The van der Waals surface area contributed by atoms with E-state index >= 15 is 0 Å². The van der Waals surface area contributed by atoms with Gasteiger partial charge in [-0.15, -0.1) is 16.4 Å². The molecule has 0 bridgehead atoms. The zero-order chi connectivity index (χ0) is 21.8. The summed E-state index contributed by atoms with van der Waals surface area (Å²) >= 11 is 1.39. The van der Waals surface area contributed by atoms with Crippen molar-refractivity contribution in [1.82, 2.24) is 15.0 Å². The number of carbonyl (C=O) groups excluding carboxylic acids is 1. The van der Waals surface area contributed by atoms with Crippen molar-refractivity contribution in [3.8, 4) is 16.9 Å². The number of nitrogens with two attached hydrogens (primary N) is 1. The van der Waals surface area contributed by atoms with Crippen LogP contribution in [-0.4, -0.2) is 38.0 Å². The molecule has 0 fully saturated rings. The number of nitrogens with one attached hydrogen (secondary N) is 1. The number of anilines is 1. The van der Waals surface area contributed by atoms with Gasteiger partial charge >= 0.3 is 5.97 Å². The molecule has 0 spiro atoms. The molecule has 2 heterocycles. The number of hydrogen-bond acceptors (Lipinski definition) is 6. The number of hydrogen-bond donors (Lipinski definition) is 3. The Hall–Kier alpha value is -3.82. The number of carbonyl (C=O) groups is 2. The highest BCUT2D eigenvalue weighted by Crippen LogP contribution is 2.24. The van der Waals surface area contributed by atoms with Crippen molar-refractivity contribution in [1.29, 1.82) is 0 Å². The first-order chi connectivity index (χ1) is 15.0. The van der Waals surface area contributed by atoms with Crippen LogP contribution in [0.3, 0.4) is 0 Å². The molecule has 9 heteroatoms. The fourth-order valence-corrected chi connectivity index (χ4v) is 3.68. The van der Waals surface area contributed by atoms with Crippen LogP contribution in [0.25, 0.3) is 16.9 Å². The van der Waals surface area contributed by atoms with Crippen molar-refractivity contribution in [3.05, 3.63) is 82.7 Å². The highest BCUT2D eigenvalue weighted by atomic mass is 32.1. The monoisotopic (exact) mass is 433 g/mol. The van der Waals surface area contributed by atoms with Crippen molar-refractivity contribution in [2.24, 2.45) is 5.73 Å². The molecule has 0 saturated heterocycles. The van der Waals surface area contributed by atoms with Crippen LogP contribution < -0.4 is 11.1 Å². The number of rotatable bonds is 7. The van der Waals surface area contributed by atoms with E-state index in [2.05, 4.69) is 15.6 Å². The molecule has 31 heavy (non-hydrogen) atoms. The molecule has 4 rings (SSSR count). The van der Waals surface area contributed by atoms with Crippen LogP contribution in [0.15, 0.2) is 72.2 Å². The zero-order valence-corrected chi connectivity index (χ0v) is 17.1. The number of carboxylic acid groups (broad SMARTS) is 1. The second-order valence-corrected chi connectivity index (χ2v) is 7.80. The largest absolute Gasteiger partial charge is 0.480 e. The molecule has 0 radical (unpaired) electrons. The average molecular weight is 433 g/mol. The Labute approximate surface area is 182 Å². The summed E-state index contributed by atoms with van der Waals surface area (Å²) in [5, 5.41) is 21.9. The summed E-state index contributed by atoms with van der Waals surface area (Å²) in [5.41, 5.74) is 9.57. The van der Waals surface area contributed by atoms with Gasteiger partial charge in [0.1, 0.15) is 6.04 Å². The average Bonchev–Trinajstić information content (AvgIpc) is 3.47. The molecule has 0 aliphatic rings. The van der Waals surface area contributed by atoms with Crippen LogP contribution in [0.4, 0.5) is 5.69 Å². The summed E-state index contributed by atoms with van der Waals surface area (Å²) < 4.78 is 1.69. The molecule has 2 aromatic carbocycles. The first-order valence-corrected chi connectivity index (χ1v) is 10.3. The summed E-state index contributed by atoms with van der Waals surface area (Å²) in [7, 11) is 0. The predicted octanol–water partition coefficient (Wildman–Crippen LogP) is 3.20. The normalized spacial score (nSPS) is 11.8. The summed E-state index contributed by atoms with van der Waals surface area (Å²) in [6.07, 6.45) is 1.91. The quantitative estimate of drug-likeness (QED) is 0.411. The fraction of sp³-hybridized carbons (Fsp3) is 0.0909. The highest BCUT2D eigenvalue weighted by Gasteiger charge is 2.13. The third kappa shape index (κ3) is 4.68. The van der Waals surface area contributed by atoms with Crippen LogP contribution in [0.2, 0.25) is 0 Å². The number of aromatic nitrogens is 3. The molecule has 4 aromatic rings. The number of amides is 1. The van der Waals surface area contributed by atoms with Gasteiger partial charge in [0.25, 0.3) is 5.91 Å². The van der Waals surface area contributed by atoms with Gasteiger partial charge in [-0.3, -0.25) is 9.59 Å². The maximum atomic E-state index is 12.2. The Morgan fingerprint density at radius 2 is 1.84 bits per heavy atom. The summed E-state index contributed by atoms with van der Waals surface area (Å²) in [6, 6.07) is 17.5. The molecule has 0 aliphatic carbocycles. The van der Waals surface area contributed by atoms with Crippen LogP contribution in [0.5, 0.6) is 0 Å². The van der Waals surface area contributed by atoms with Crippen molar-refractivity contribution >= 4 is 28.9 Å². The minimum atomic E-state index is -1.03. The SMILES string of the molecule is NC(Cc1ccc(-n2nncc2-c2ccc(NC(=O)c3cccs3)cc2)cc1)C(=O)O. The topological polar surface area (TPSA) is 123 Å². The van der Waals surface area contributed by atoms with Gasteiger partial charge in [0.15, 0.2) is 0 Å². The number of aliphatic carboxylic acids is 1. The molecule has 0 aliphatic heterocycles. The van der Waals surface area contributed by atoms with Gasteiger partial charge in [0.2, 0.25) is 0 Å². The highest BCUT2D eigenvalue weighted by molar-refractivity contribution is 7.12. The minimum absolute atomic E-state index is 0.142. The lowest BCUT2D eigenvalue weighted by Gasteiger charge is -2.10. The summed E-state index contributed by atoms with van der Waals surface area (Å²) in [6.45, 7) is 0. The van der Waals surface area contributed by atoms with E-state index in [1.807, 2.05) is 60.0 Å². The number of benzene rings is 2. The number of carboxylic acids is 1. The van der Waals surface area contributed by atoms with Crippen LogP contribution >= 0.6 is 11.3 Å². The first-order valence-electron chi connectivity index (χ1n) is 9.45. The van der Waals surface area contributed by atoms with Crippen molar-refractivity contribution in [2.75, 3.05) is 5.32 Å². The van der Waals surface area contributed by atoms with Crippen molar-refractivity contribution in [2.45, 2.75) is 12.5 Å². The molecule has 1 atom stereocenters. The summed E-state index contributed by atoms with van der Waals surface area (Å²) in [4.78, 5) is 23.8. The summed E-state index contributed by atoms with van der Waals surface area (Å²) in [5.74, 6) is -1.17. The Bertz CT molecular complexity index is 1180. The molecule has 2 aromatic heterocycles.